The average Bonchev–Trinajstić information content (AvgIpc) is 2.69. The second-order valence-electron chi connectivity index (χ2n) is 6.66. The van der Waals surface area contributed by atoms with Crippen LogP contribution in [-0.2, 0) is 19.6 Å². The minimum absolute atomic E-state index is 0.169. The van der Waals surface area contributed by atoms with Gasteiger partial charge in [0.05, 0.1) is 29.9 Å². The zero-order valence-electron chi connectivity index (χ0n) is 16.3. The number of anilines is 3. The van der Waals surface area contributed by atoms with E-state index >= 15 is 0 Å². The molecule has 0 bridgehead atoms. The summed E-state index contributed by atoms with van der Waals surface area (Å²) in [5.41, 5.74) is 1.40. The predicted octanol–water partition coefficient (Wildman–Crippen LogP) is 2.23. The normalized spacial score (nSPS) is 13.4. The molecule has 1 aliphatic rings. The van der Waals surface area contributed by atoms with Crippen LogP contribution >= 0.6 is 0 Å². The van der Waals surface area contributed by atoms with E-state index in [4.69, 9.17) is 4.74 Å². The minimum atomic E-state index is -3.73. The van der Waals surface area contributed by atoms with E-state index in [0.717, 1.165) is 17.0 Å². The minimum Gasteiger partial charge on any atom is -0.494 e. The number of nitrogens with zero attached hydrogens (tertiary/aromatic N) is 2. The molecule has 1 N–H and O–H groups in total. The van der Waals surface area contributed by atoms with Gasteiger partial charge in [-0.3, -0.25) is 18.8 Å². The highest BCUT2D eigenvalue weighted by Gasteiger charge is 2.30. The third kappa shape index (κ3) is 4.86. The van der Waals surface area contributed by atoms with Gasteiger partial charge in [-0.05, 0) is 42.8 Å². The van der Waals surface area contributed by atoms with Crippen molar-refractivity contribution in [2.45, 2.75) is 13.3 Å². The molecular weight excluding hydrogens is 394 g/mol. The molecule has 2 amide bonds. The van der Waals surface area contributed by atoms with E-state index in [1.807, 2.05) is 6.92 Å². The number of rotatable bonds is 7. The number of carbonyl (C=O) groups excluding carboxylic acids is 2. The lowest BCUT2D eigenvalue weighted by Crippen LogP contribution is -2.47. The Morgan fingerprint density at radius 1 is 1.17 bits per heavy atom. The third-order valence-corrected chi connectivity index (χ3v) is 5.49. The number of fused-ring (bicyclic) bond motifs is 1. The molecule has 0 fully saturated rings. The Hall–Kier alpha value is -3.07. The fraction of sp³-hybridized carbons (Fsp3) is 0.300. The van der Waals surface area contributed by atoms with Crippen molar-refractivity contribution >= 4 is 38.9 Å². The molecule has 29 heavy (non-hydrogen) atoms. The summed E-state index contributed by atoms with van der Waals surface area (Å²) >= 11 is 0. The van der Waals surface area contributed by atoms with Crippen molar-refractivity contribution in [3.05, 3.63) is 48.5 Å². The Labute approximate surface area is 170 Å². The summed E-state index contributed by atoms with van der Waals surface area (Å²) in [7, 11) is -3.73. The van der Waals surface area contributed by atoms with Crippen molar-refractivity contribution in [2.75, 3.05) is 40.5 Å². The largest absolute Gasteiger partial charge is 0.494 e. The second-order valence-corrected chi connectivity index (χ2v) is 8.56. The van der Waals surface area contributed by atoms with Crippen LogP contribution in [0.25, 0.3) is 0 Å². The van der Waals surface area contributed by atoms with Crippen LogP contribution in [0.2, 0.25) is 0 Å². The molecule has 0 radical (unpaired) electrons. The Morgan fingerprint density at radius 3 is 2.52 bits per heavy atom. The average molecular weight is 417 g/mol. The smallest absolute Gasteiger partial charge is 0.248 e. The van der Waals surface area contributed by atoms with Crippen LogP contribution in [0.15, 0.2) is 48.5 Å². The molecule has 0 saturated heterocycles. The molecule has 3 rings (SSSR count). The van der Waals surface area contributed by atoms with Crippen molar-refractivity contribution in [3.63, 3.8) is 0 Å². The SMILES string of the molecule is CCCOc1ccc(N(CC(=O)N2CC(=O)Nc3ccccc32)S(C)(=O)=O)cc1. The number of amides is 2. The molecule has 0 aliphatic carbocycles. The molecule has 0 saturated carbocycles. The van der Waals surface area contributed by atoms with Crippen molar-refractivity contribution < 1.29 is 22.7 Å². The monoisotopic (exact) mass is 417 g/mol. The van der Waals surface area contributed by atoms with Crippen molar-refractivity contribution in [1.82, 2.24) is 0 Å². The molecule has 1 aliphatic heterocycles. The third-order valence-electron chi connectivity index (χ3n) is 4.35. The second kappa shape index (κ2) is 8.52. The lowest BCUT2D eigenvalue weighted by atomic mass is 10.2. The zero-order valence-corrected chi connectivity index (χ0v) is 17.1. The first-order valence-electron chi connectivity index (χ1n) is 9.19. The van der Waals surface area contributed by atoms with Crippen LogP contribution in [0.1, 0.15) is 13.3 Å². The number of ether oxygens (including phenoxy) is 1. The number of hydrogen-bond acceptors (Lipinski definition) is 5. The van der Waals surface area contributed by atoms with Gasteiger partial charge in [0.1, 0.15) is 18.8 Å². The van der Waals surface area contributed by atoms with Gasteiger partial charge in [-0.1, -0.05) is 19.1 Å². The van der Waals surface area contributed by atoms with Gasteiger partial charge >= 0.3 is 0 Å². The zero-order chi connectivity index (χ0) is 21.0. The number of nitrogens with one attached hydrogen (secondary N) is 1. The van der Waals surface area contributed by atoms with Gasteiger partial charge in [0.15, 0.2) is 0 Å². The summed E-state index contributed by atoms with van der Waals surface area (Å²) in [4.78, 5) is 26.2. The maximum atomic E-state index is 13.0. The Kier molecular flexibility index (Phi) is 6.07. The van der Waals surface area contributed by atoms with Gasteiger partial charge in [0.2, 0.25) is 21.8 Å². The van der Waals surface area contributed by atoms with Crippen LogP contribution in [0.5, 0.6) is 5.75 Å². The van der Waals surface area contributed by atoms with Gasteiger partial charge in [-0.2, -0.15) is 0 Å². The van der Waals surface area contributed by atoms with E-state index < -0.39 is 22.5 Å². The fourth-order valence-corrected chi connectivity index (χ4v) is 3.84. The molecule has 0 aromatic heterocycles. The number of sulfonamides is 1. The van der Waals surface area contributed by atoms with Gasteiger partial charge in [-0.25, -0.2) is 8.42 Å². The highest BCUT2D eigenvalue weighted by atomic mass is 32.2. The van der Waals surface area contributed by atoms with Crippen molar-refractivity contribution in [3.8, 4) is 5.75 Å². The van der Waals surface area contributed by atoms with E-state index in [0.29, 0.717) is 29.4 Å². The van der Waals surface area contributed by atoms with Gasteiger partial charge in [-0.15, -0.1) is 0 Å². The highest BCUT2D eigenvalue weighted by molar-refractivity contribution is 7.92. The first kappa shape index (κ1) is 20.7. The van der Waals surface area contributed by atoms with Crippen LogP contribution in [-0.4, -0.2) is 46.2 Å². The van der Waals surface area contributed by atoms with Crippen LogP contribution < -0.4 is 19.3 Å². The molecule has 1 heterocycles. The topological polar surface area (TPSA) is 96.0 Å². The Balaban J connectivity index is 1.85. The van der Waals surface area contributed by atoms with E-state index in [1.54, 1.807) is 48.5 Å². The lowest BCUT2D eigenvalue weighted by Gasteiger charge is -2.31. The number of benzene rings is 2. The summed E-state index contributed by atoms with van der Waals surface area (Å²) in [6.07, 6.45) is 1.90. The van der Waals surface area contributed by atoms with Crippen LogP contribution in [0.4, 0.5) is 17.1 Å². The van der Waals surface area contributed by atoms with Gasteiger partial charge < -0.3 is 10.1 Å². The van der Waals surface area contributed by atoms with Gasteiger partial charge in [0, 0.05) is 0 Å². The molecule has 8 nitrogen and oxygen atoms in total. The molecule has 0 spiro atoms. The molecular formula is C20H23N3O5S. The molecule has 0 atom stereocenters. The van der Waals surface area contributed by atoms with E-state index in [1.165, 1.54) is 4.90 Å². The predicted molar refractivity (Wildman–Crippen MR) is 112 cm³/mol. The van der Waals surface area contributed by atoms with Crippen LogP contribution in [0.3, 0.4) is 0 Å². The maximum absolute atomic E-state index is 13.0. The fourth-order valence-electron chi connectivity index (χ4n) is 2.99. The summed E-state index contributed by atoms with van der Waals surface area (Å²) in [5, 5.41) is 2.70. The Bertz CT molecular complexity index is 1010. The quantitative estimate of drug-likeness (QED) is 0.745. The first-order chi connectivity index (χ1) is 13.8. The maximum Gasteiger partial charge on any atom is 0.248 e. The molecule has 154 valence electrons. The van der Waals surface area contributed by atoms with Gasteiger partial charge in [0.25, 0.3) is 0 Å². The first-order valence-corrected chi connectivity index (χ1v) is 11.0. The van der Waals surface area contributed by atoms with Crippen LogP contribution in [0, 0.1) is 0 Å². The summed E-state index contributed by atoms with van der Waals surface area (Å²) in [6, 6.07) is 13.4. The molecule has 2 aromatic carbocycles. The lowest BCUT2D eigenvalue weighted by molar-refractivity contribution is -0.121. The standard InChI is InChI=1S/C20H23N3O5S/c1-3-12-28-16-10-8-15(9-11-16)23(29(2,26)27)14-20(25)22-13-19(24)21-17-6-4-5-7-18(17)22/h4-11H,3,12-14H2,1-2H3,(H,21,24). The van der Waals surface area contributed by atoms with Crippen molar-refractivity contribution in [1.29, 1.82) is 0 Å². The summed E-state index contributed by atoms with van der Waals surface area (Å²) in [6.45, 7) is 1.96. The molecule has 9 heteroatoms. The highest BCUT2D eigenvalue weighted by Crippen LogP contribution is 2.29. The van der Waals surface area contributed by atoms with E-state index in [-0.39, 0.29) is 12.5 Å². The van der Waals surface area contributed by atoms with Crippen molar-refractivity contribution in [2.24, 2.45) is 0 Å². The number of hydrogen-bond donors (Lipinski definition) is 1. The van der Waals surface area contributed by atoms with E-state index in [2.05, 4.69) is 5.32 Å². The van der Waals surface area contributed by atoms with E-state index in [9.17, 15) is 18.0 Å². The summed E-state index contributed by atoms with van der Waals surface area (Å²) < 4.78 is 31.3. The number of para-hydroxylation sites is 2. The molecule has 0 unspecified atom stereocenters. The number of carbonyl (C=O) groups is 2. The summed E-state index contributed by atoms with van der Waals surface area (Å²) in [5.74, 6) is -0.207. The Morgan fingerprint density at radius 2 is 1.86 bits per heavy atom. The molecule has 2 aromatic rings.